The van der Waals surface area contributed by atoms with Gasteiger partial charge in [0.05, 0.1) is 5.75 Å². The van der Waals surface area contributed by atoms with Crippen molar-refractivity contribution in [3.05, 3.63) is 29.8 Å². The average Bonchev–Trinajstić information content (AvgIpc) is 2.24. The van der Waals surface area contributed by atoms with Crippen LogP contribution in [0.4, 0.5) is 5.69 Å². The molecule has 1 rings (SSSR count). The molecule has 0 aliphatic carbocycles. The van der Waals surface area contributed by atoms with Crippen molar-refractivity contribution in [3.8, 4) is 0 Å². The smallest absolute Gasteiger partial charge is 0.232 e. The predicted molar refractivity (Wildman–Crippen MR) is 71.7 cm³/mol. The van der Waals surface area contributed by atoms with Crippen LogP contribution in [0.15, 0.2) is 24.3 Å². The third-order valence-corrected chi connectivity index (χ3v) is 3.68. The first-order valence-corrected chi connectivity index (χ1v) is 7.46. The van der Waals surface area contributed by atoms with Crippen LogP contribution in [0.25, 0.3) is 0 Å². The van der Waals surface area contributed by atoms with E-state index in [-0.39, 0.29) is 5.75 Å². The first kappa shape index (κ1) is 14.0. The number of hydrogen-bond acceptors (Lipinski definition) is 3. The first-order valence-electron chi connectivity index (χ1n) is 5.81. The second-order valence-electron chi connectivity index (χ2n) is 4.00. The highest BCUT2D eigenvalue weighted by Crippen LogP contribution is 2.11. The normalized spacial score (nSPS) is 11.4. The van der Waals surface area contributed by atoms with Gasteiger partial charge in [0.2, 0.25) is 10.0 Å². The first-order chi connectivity index (χ1) is 8.03. The Morgan fingerprint density at radius 1 is 1.29 bits per heavy atom. The van der Waals surface area contributed by atoms with Crippen LogP contribution in [-0.4, -0.2) is 27.3 Å². The second-order valence-corrected chi connectivity index (χ2v) is 5.84. The van der Waals surface area contributed by atoms with Gasteiger partial charge in [-0.25, -0.2) is 8.42 Å². The molecular weight excluding hydrogens is 236 g/mol. The Morgan fingerprint density at radius 3 is 2.71 bits per heavy atom. The van der Waals surface area contributed by atoms with Gasteiger partial charge in [0, 0.05) is 5.69 Å². The fourth-order valence-electron chi connectivity index (χ4n) is 1.50. The topological polar surface area (TPSA) is 58.2 Å². The van der Waals surface area contributed by atoms with Gasteiger partial charge in [0.15, 0.2) is 0 Å². The maximum Gasteiger partial charge on any atom is 0.232 e. The molecule has 0 spiro atoms. The van der Waals surface area contributed by atoms with E-state index in [4.69, 9.17) is 0 Å². The Bertz CT molecular complexity index is 444. The number of aryl methyl sites for hydroxylation is 1. The summed E-state index contributed by atoms with van der Waals surface area (Å²) in [5, 5.41) is 3.10. The Labute approximate surface area is 103 Å². The minimum absolute atomic E-state index is 0.147. The van der Waals surface area contributed by atoms with E-state index in [1.807, 2.05) is 32.0 Å². The number of benzene rings is 1. The largest absolute Gasteiger partial charge is 0.317 e. The molecule has 1 aromatic carbocycles. The average molecular weight is 256 g/mol. The van der Waals surface area contributed by atoms with E-state index in [1.165, 1.54) is 0 Å². The monoisotopic (exact) mass is 256 g/mol. The minimum Gasteiger partial charge on any atom is -0.317 e. The molecule has 0 aliphatic rings. The van der Waals surface area contributed by atoms with Gasteiger partial charge in [-0.05, 0) is 44.1 Å². The van der Waals surface area contributed by atoms with Crippen LogP contribution < -0.4 is 10.0 Å². The quantitative estimate of drug-likeness (QED) is 0.731. The van der Waals surface area contributed by atoms with E-state index in [2.05, 4.69) is 10.0 Å². The fraction of sp³-hybridized carbons (Fsp3) is 0.500. The van der Waals surface area contributed by atoms with Gasteiger partial charge < -0.3 is 5.32 Å². The highest BCUT2D eigenvalue weighted by Gasteiger charge is 2.09. The summed E-state index contributed by atoms with van der Waals surface area (Å²) in [5.41, 5.74) is 1.67. The molecule has 2 N–H and O–H groups in total. The van der Waals surface area contributed by atoms with E-state index in [0.29, 0.717) is 12.1 Å². The van der Waals surface area contributed by atoms with E-state index in [0.717, 1.165) is 18.7 Å². The summed E-state index contributed by atoms with van der Waals surface area (Å²) in [6.45, 7) is 5.53. The van der Waals surface area contributed by atoms with Gasteiger partial charge in [-0.1, -0.05) is 19.1 Å². The Balaban J connectivity index is 2.49. The molecule has 5 heteroatoms. The molecule has 0 saturated heterocycles. The summed E-state index contributed by atoms with van der Waals surface area (Å²) in [7, 11) is -3.22. The predicted octanol–water partition coefficient (Wildman–Crippen LogP) is 1.74. The Kier molecular flexibility index (Phi) is 5.44. The van der Waals surface area contributed by atoms with Crippen LogP contribution in [0, 0.1) is 6.92 Å². The Morgan fingerprint density at radius 2 is 2.06 bits per heavy atom. The van der Waals surface area contributed by atoms with Gasteiger partial charge in [0.25, 0.3) is 0 Å². The lowest BCUT2D eigenvalue weighted by atomic mass is 10.2. The van der Waals surface area contributed by atoms with Crippen molar-refractivity contribution in [1.82, 2.24) is 5.32 Å². The van der Waals surface area contributed by atoms with Gasteiger partial charge in [-0.3, -0.25) is 4.72 Å². The molecular formula is C12H20N2O2S. The SMILES string of the molecule is CCNCCCS(=O)(=O)Nc1cccc(C)c1. The zero-order valence-electron chi connectivity index (χ0n) is 10.4. The minimum atomic E-state index is -3.22. The lowest BCUT2D eigenvalue weighted by Gasteiger charge is -2.08. The third-order valence-electron chi connectivity index (χ3n) is 2.31. The molecule has 0 atom stereocenters. The fourth-order valence-corrected chi connectivity index (χ4v) is 2.62. The molecule has 0 fully saturated rings. The number of sulfonamides is 1. The van der Waals surface area contributed by atoms with Crippen LogP contribution in [0.2, 0.25) is 0 Å². The highest BCUT2D eigenvalue weighted by molar-refractivity contribution is 7.92. The van der Waals surface area contributed by atoms with Crippen LogP contribution in [0.3, 0.4) is 0 Å². The molecule has 0 radical (unpaired) electrons. The molecule has 0 aromatic heterocycles. The zero-order chi connectivity index (χ0) is 12.7. The summed E-state index contributed by atoms with van der Waals surface area (Å²) < 4.78 is 26.1. The van der Waals surface area contributed by atoms with Gasteiger partial charge in [-0.15, -0.1) is 0 Å². The van der Waals surface area contributed by atoms with Crippen LogP contribution in [-0.2, 0) is 10.0 Å². The Hall–Kier alpha value is -1.07. The van der Waals surface area contributed by atoms with Gasteiger partial charge in [0.1, 0.15) is 0 Å². The standard InChI is InChI=1S/C12H20N2O2S/c1-3-13-8-5-9-17(15,16)14-12-7-4-6-11(2)10-12/h4,6-7,10,13-14H,3,5,8-9H2,1-2H3. The summed E-state index contributed by atoms with van der Waals surface area (Å²) in [5.74, 6) is 0.147. The van der Waals surface area contributed by atoms with Crippen molar-refractivity contribution in [2.75, 3.05) is 23.6 Å². The molecule has 0 heterocycles. The van der Waals surface area contributed by atoms with Gasteiger partial charge >= 0.3 is 0 Å². The lowest BCUT2D eigenvalue weighted by molar-refractivity contribution is 0.595. The maximum absolute atomic E-state index is 11.7. The number of anilines is 1. The molecule has 0 amide bonds. The van der Waals surface area contributed by atoms with Crippen LogP contribution in [0.5, 0.6) is 0 Å². The summed E-state index contributed by atoms with van der Waals surface area (Å²) in [6.07, 6.45) is 0.620. The van der Waals surface area contributed by atoms with E-state index >= 15 is 0 Å². The molecule has 4 nitrogen and oxygen atoms in total. The second kappa shape index (κ2) is 6.61. The third kappa shape index (κ3) is 5.70. The van der Waals surface area contributed by atoms with Crippen LogP contribution in [0.1, 0.15) is 18.9 Å². The number of rotatable bonds is 7. The van der Waals surface area contributed by atoms with Crippen molar-refractivity contribution in [2.24, 2.45) is 0 Å². The summed E-state index contributed by atoms with van der Waals surface area (Å²) in [6, 6.07) is 7.35. The molecule has 17 heavy (non-hydrogen) atoms. The molecule has 0 aliphatic heterocycles. The number of nitrogens with one attached hydrogen (secondary N) is 2. The van der Waals surface area contributed by atoms with Crippen molar-refractivity contribution in [2.45, 2.75) is 20.3 Å². The molecule has 0 bridgehead atoms. The van der Waals surface area contributed by atoms with E-state index < -0.39 is 10.0 Å². The number of hydrogen-bond donors (Lipinski definition) is 2. The van der Waals surface area contributed by atoms with Gasteiger partial charge in [-0.2, -0.15) is 0 Å². The highest BCUT2D eigenvalue weighted by atomic mass is 32.2. The lowest BCUT2D eigenvalue weighted by Crippen LogP contribution is -2.21. The van der Waals surface area contributed by atoms with E-state index in [9.17, 15) is 8.42 Å². The van der Waals surface area contributed by atoms with Crippen molar-refractivity contribution in [3.63, 3.8) is 0 Å². The van der Waals surface area contributed by atoms with E-state index in [1.54, 1.807) is 6.07 Å². The zero-order valence-corrected chi connectivity index (χ0v) is 11.2. The maximum atomic E-state index is 11.7. The van der Waals surface area contributed by atoms with Crippen molar-refractivity contribution in [1.29, 1.82) is 0 Å². The molecule has 0 saturated carbocycles. The van der Waals surface area contributed by atoms with Crippen LogP contribution >= 0.6 is 0 Å². The van der Waals surface area contributed by atoms with Crippen molar-refractivity contribution < 1.29 is 8.42 Å². The summed E-state index contributed by atoms with van der Waals surface area (Å²) >= 11 is 0. The van der Waals surface area contributed by atoms with Crippen molar-refractivity contribution >= 4 is 15.7 Å². The molecule has 1 aromatic rings. The molecule has 96 valence electrons. The summed E-state index contributed by atoms with van der Waals surface area (Å²) in [4.78, 5) is 0. The molecule has 0 unspecified atom stereocenters.